The molecule has 1 unspecified atom stereocenters. The SMILES string of the molecule is COc1ccc(C2C(C(C)=O)=C(C)N=c3sc(=Cc4ccccc4Cl)c(=O)n32)c(OC)c1. The lowest BCUT2D eigenvalue weighted by atomic mass is 9.92. The maximum Gasteiger partial charge on any atom is 0.271 e. The highest BCUT2D eigenvalue weighted by Gasteiger charge is 2.32. The molecule has 1 aromatic heterocycles. The number of ketones is 1. The molecule has 0 aliphatic carbocycles. The van der Waals surface area contributed by atoms with Gasteiger partial charge in [-0.15, -0.1) is 0 Å². The van der Waals surface area contributed by atoms with Gasteiger partial charge in [0, 0.05) is 27.9 Å². The van der Waals surface area contributed by atoms with Crippen LogP contribution in [0.25, 0.3) is 6.08 Å². The van der Waals surface area contributed by atoms with Crippen molar-refractivity contribution in [1.82, 2.24) is 4.57 Å². The van der Waals surface area contributed by atoms with E-state index in [4.69, 9.17) is 21.1 Å². The minimum absolute atomic E-state index is 0.158. The van der Waals surface area contributed by atoms with Crippen molar-refractivity contribution >= 4 is 34.8 Å². The molecule has 32 heavy (non-hydrogen) atoms. The van der Waals surface area contributed by atoms with Gasteiger partial charge >= 0.3 is 0 Å². The summed E-state index contributed by atoms with van der Waals surface area (Å²) in [6.45, 7) is 3.27. The number of nitrogens with zero attached hydrogens (tertiary/aromatic N) is 2. The molecule has 2 heterocycles. The van der Waals surface area contributed by atoms with Gasteiger partial charge in [-0.05, 0) is 43.7 Å². The van der Waals surface area contributed by atoms with E-state index in [1.807, 2.05) is 24.3 Å². The first kappa shape index (κ1) is 22.0. The predicted molar refractivity (Wildman–Crippen MR) is 125 cm³/mol. The molecule has 0 amide bonds. The number of allylic oxidation sites excluding steroid dienone is 2. The highest BCUT2D eigenvalue weighted by atomic mass is 35.5. The number of ether oxygens (including phenoxy) is 2. The van der Waals surface area contributed by atoms with Crippen LogP contribution in [0.2, 0.25) is 5.02 Å². The lowest BCUT2D eigenvalue weighted by Gasteiger charge is -2.26. The summed E-state index contributed by atoms with van der Waals surface area (Å²) in [6.07, 6.45) is 1.75. The second-order valence-corrected chi connectivity index (χ2v) is 8.68. The maximum atomic E-state index is 13.6. The summed E-state index contributed by atoms with van der Waals surface area (Å²) in [5.41, 5.74) is 2.19. The molecule has 1 aliphatic heterocycles. The number of benzene rings is 2. The van der Waals surface area contributed by atoms with Crippen LogP contribution in [0.5, 0.6) is 11.5 Å². The fraction of sp³-hybridized carbons (Fsp3) is 0.208. The highest BCUT2D eigenvalue weighted by molar-refractivity contribution is 7.07. The first-order chi connectivity index (χ1) is 15.3. The summed E-state index contributed by atoms with van der Waals surface area (Å²) >= 11 is 7.55. The molecule has 3 aromatic rings. The molecule has 0 saturated heterocycles. The topological polar surface area (TPSA) is 69.9 Å². The number of Topliss-reactive ketones (excluding diaryl/α,β-unsaturated/α-hetero) is 1. The summed E-state index contributed by atoms with van der Waals surface area (Å²) in [7, 11) is 3.11. The Morgan fingerprint density at radius 3 is 2.59 bits per heavy atom. The van der Waals surface area contributed by atoms with Gasteiger partial charge in [-0.25, -0.2) is 4.99 Å². The van der Waals surface area contributed by atoms with E-state index in [1.165, 1.54) is 18.3 Å². The van der Waals surface area contributed by atoms with E-state index in [-0.39, 0.29) is 11.3 Å². The third-order valence-electron chi connectivity index (χ3n) is 5.33. The number of hydrogen-bond donors (Lipinski definition) is 0. The predicted octanol–water partition coefficient (Wildman–Crippen LogP) is 3.49. The van der Waals surface area contributed by atoms with Crippen molar-refractivity contribution in [3.8, 4) is 11.5 Å². The molecule has 0 N–H and O–H groups in total. The summed E-state index contributed by atoms with van der Waals surface area (Å²) in [5, 5.41) is 0.548. The lowest BCUT2D eigenvalue weighted by molar-refractivity contribution is -0.114. The van der Waals surface area contributed by atoms with Crippen LogP contribution in [0.15, 0.2) is 63.5 Å². The van der Waals surface area contributed by atoms with Gasteiger partial charge in [0.05, 0.1) is 24.8 Å². The summed E-state index contributed by atoms with van der Waals surface area (Å²) < 4.78 is 12.9. The zero-order chi connectivity index (χ0) is 23.0. The fourth-order valence-electron chi connectivity index (χ4n) is 3.84. The van der Waals surface area contributed by atoms with E-state index in [0.717, 1.165) is 5.56 Å². The van der Waals surface area contributed by atoms with Crippen molar-refractivity contribution in [2.24, 2.45) is 4.99 Å². The van der Waals surface area contributed by atoms with Crippen LogP contribution in [0.4, 0.5) is 0 Å². The molecule has 0 spiro atoms. The minimum Gasteiger partial charge on any atom is -0.497 e. The largest absolute Gasteiger partial charge is 0.497 e. The number of aromatic nitrogens is 1. The molecule has 164 valence electrons. The number of fused-ring (bicyclic) bond motifs is 1. The van der Waals surface area contributed by atoms with Gasteiger partial charge in [-0.1, -0.05) is 41.1 Å². The smallest absolute Gasteiger partial charge is 0.271 e. The number of carbonyl (C=O) groups is 1. The monoisotopic (exact) mass is 468 g/mol. The van der Waals surface area contributed by atoms with Crippen LogP contribution in [0.3, 0.4) is 0 Å². The van der Waals surface area contributed by atoms with Crippen LogP contribution >= 0.6 is 22.9 Å². The molecule has 8 heteroatoms. The number of thiazole rings is 1. The molecule has 2 aromatic carbocycles. The normalized spacial score (nSPS) is 15.9. The van der Waals surface area contributed by atoms with Gasteiger partial charge in [0.15, 0.2) is 10.6 Å². The molecule has 1 aliphatic rings. The molecule has 0 saturated carbocycles. The first-order valence-corrected chi connectivity index (χ1v) is 11.0. The molecule has 0 fully saturated rings. The second-order valence-electron chi connectivity index (χ2n) is 7.27. The Bertz CT molecular complexity index is 1430. The summed E-state index contributed by atoms with van der Waals surface area (Å²) in [5.74, 6) is 0.972. The molecule has 4 rings (SSSR count). The van der Waals surface area contributed by atoms with Gasteiger partial charge in [0.25, 0.3) is 5.56 Å². The van der Waals surface area contributed by atoms with Crippen molar-refractivity contribution in [3.05, 3.63) is 89.6 Å². The Morgan fingerprint density at radius 2 is 1.94 bits per heavy atom. The number of halogens is 1. The molecule has 1 atom stereocenters. The van der Waals surface area contributed by atoms with Crippen molar-refractivity contribution in [1.29, 1.82) is 0 Å². The average Bonchev–Trinajstić information content (AvgIpc) is 3.08. The van der Waals surface area contributed by atoms with Crippen molar-refractivity contribution in [2.45, 2.75) is 19.9 Å². The number of hydrogen-bond acceptors (Lipinski definition) is 6. The summed E-state index contributed by atoms with van der Waals surface area (Å²) in [6, 6.07) is 12.0. The zero-order valence-corrected chi connectivity index (χ0v) is 19.6. The van der Waals surface area contributed by atoms with E-state index < -0.39 is 6.04 Å². The third kappa shape index (κ3) is 3.78. The Morgan fingerprint density at radius 1 is 1.19 bits per heavy atom. The Balaban J connectivity index is 2.02. The van der Waals surface area contributed by atoms with E-state index in [1.54, 1.807) is 50.0 Å². The van der Waals surface area contributed by atoms with Crippen LogP contribution in [-0.4, -0.2) is 24.6 Å². The molecular formula is C24H21ClN2O4S. The van der Waals surface area contributed by atoms with E-state index in [9.17, 15) is 9.59 Å². The number of carbonyl (C=O) groups excluding carboxylic acids is 1. The number of rotatable bonds is 5. The Kier molecular flexibility index (Phi) is 6.04. The van der Waals surface area contributed by atoms with E-state index in [2.05, 4.69) is 4.99 Å². The van der Waals surface area contributed by atoms with Crippen LogP contribution in [0.1, 0.15) is 31.0 Å². The van der Waals surface area contributed by atoms with Crippen LogP contribution in [0, 0.1) is 0 Å². The average molecular weight is 469 g/mol. The summed E-state index contributed by atoms with van der Waals surface area (Å²) in [4.78, 5) is 31.3. The molecular weight excluding hydrogens is 448 g/mol. The lowest BCUT2D eigenvalue weighted by Crippen LogP contribution is -2.39. The van der Waals surface area contributed by atoms with E-state index >= 15 is 0 Å². The van der Waals surface area contributed by atoms with Crippen molar-refractivity contribution in [2.75, 3.05) is 14.2 Å². The fourth-order valence-corrected chi connectivity index (χ4v) is 5.07. The van der Waals surface area contributed by atoms with Crippen LogP contribution < -0.4 is 24.4 Å². The van der Waals surface area contributed by atoms with Gasteiger partial charge in [0.2, 0.25) is 0 Å². The van der Waals surface area contributed by atoms with Gasteiger partial charge < -0.3 is 9.47 Å². The standard InChI is InChI=1S/C24H21ClN2O4S/c1-13-21(14(2)28)22(17-10-9-16(30-3)12-19(17)31-4)27-23(29)20(32-24(27)26-13)11-15-7-5-6-8-18(15)25/h5-12,22H,1-4H3. The van der Waals surface area contributed by atoms with Crippen molar-refractivity contribution < 1.29 is 14.3 Å². The second kappa shape index (κ2) is 8.76. The zero-order valence-electron chi connectivity index (χ0n) is 18.0. The third-order valence-corrected chi connectivity index (χ3v) is 6.66. The number of methoxy groups -OCH3 is 2. The molecule has 6 nitrogen and oxygen atoms in total. The van der Waals surface area contributed by atoms with E-state index in [0.29, 0.717) is 42.7 Å². The minimum atomic E-state index is -0.669. The quantitative estimate of drug-likeness (QED) is 0.574. The van der Waals surface area contributed by atoms with Gasteiger partial charge in [-0.2, -0.15) is 0 Å². The van der Waals surface area contributed by atoms with Crippen molar-refractivity contribution in [3.63, 3.8) is 0 Å². The molecule has 0 radical (unpaired) electrons. The Hall–Kier alpha value is -3.16. The van der Waals surface area contributed by atoms with Gasteiger partial charge in [-0.3, -0.25) is 14.2 Å². The molecule has 0 bridgehead atoms. The van der Waals surface area contributed by atoms with Gasteiger partial charge in [0.1, 0.15) is 11.5 Å². The highest BCUT2D eigenvalue weighted by Crippen LogP contribution is 2.37. The Labute approximate surface area is 193 Å². The first-order valence-electron chi connectivity index (χ1n) is 9.85. The van der Waals surface area contributed by atoms with Crippen LogP contribution in [-0.2, 0) is 4.79 Å². The maximum absolute atomic E-state index is 13.6.